The van der Waals surface area contributed by atoms with Gasteiger partial charge < -0.3 is 5.11 Å². The van der Waals surface area contributed by atoms with Crippen LogP contribution in [0.1, 0.15) is 30.1 Å². The Balaban J connectivity index is 2.92. The molecule has 0 saturated carbocycles. The van der Waals surface area contributed by atoms with Crippen LogP contribution in [0, 0.1) is 6.92 Å². The SMILES string of the molecule is Cc1nc(CC(F)(F)F)ncc1[C@@H](C)O. The van der Waals surface area contributed by atoms with E-state index >= 15 is 0 Å². The molecule has 6 heteroatoms. The van der Waals surface area contributed by atoms with Crippen LogP contribution in [-0.2, 0) is 6.42 Å². The third kappa shape index (κ3) is 3.47. The van der Waals surface area contributed by atoms with Gasteiger partial charge in [-0.25, -0.2) is 9.97 Å². The lowest BCUT2D eigenvalue weighted by atomic mass is 10.1. The van der Waals surface area contributed by atoms with Gasteiger partial charge in [0.25, 0.3) is 0 Å². The van der Waals surface area contributed by atoms with Gasteiger partial charge in [-0.15, -0.1) is 0 Å². The lowest BCUT2D eigenvalue weighted by Gasteiger charge is -2.10. The molecule has 0 amide bonds. The lowest BCUT2D eigenvalue weighted by Crippen LogP contribution is -2.15. The predicted molar refractivity (Wildman–Crippen MR) is 47.2 cm³/mol. The first-order valence-electron chi connectivity index (χ1n) is 4.37. The van der Waals surface area contributed by atoms with Crippen molar-refractivity contribution in [3.05, 3.63) is 23.3 Å². The number of aryl methyl sites for hydroxylation is 1. The molecular weight excluding hydrogens is 209 g/mol. The van der Waals surface area contributed by atoms with E-state index in [1.165, 1.54) is 13.1 Å². The highest BCUT2D eigenvalue weighted by Crippen LogP contribution is 2.20. The van der Waals surface area contributed by atoms with Crippen molar-refractivity contribution in [2.45, 2.75) is 32.5 Å². The van der Waals surface area contributed by atoms with Crippen LogP contribution in [0.2, 0.25) is 0 Å². The summed E-state index contributed by atoms with van der Waals surface area (Å²) in [7, 11) is 0. The zero-order chi connectivity index (χ0) is 11.6. The molecule has 1 N–H and O–H groups in total. The Morgan fingerprint density at radius 1 is 1.47 bits per heavy atom. The summed E-state index contributed by atoms with van der Waals surface area (Å²) in [5, 5.41) is 9.23. The molecule has 0 unspecified atom stereocenters. The van der Waals surface area contributed by atoms with E-state index in [1.807, 2.05) is 0 Å². The summed E-state index contributed by atoms with van der Waals surface area (Å²) in [6.07, 6.45) is -4.99. The minimum atomic E-state index is -4.31. The van der Waals surface area contributed by atoms with E-state index in [0.29, 0.717) is 11.3 Å². The molecule has 0 aromatic carbocycles. The van der Waals surface area contributed by atoms with Crippen molar-refractivity contribution in [3.63, 3.8) is 0 Å². The number of nitrogens with zero attached hydrogens (tertiary/aromatic N) is 2. The van der Waals surface area contributed by atoms with E-state index in [0.717, 1.165) is 0 Å². The highest BCUT2D eigenvalue weighted by molar-refractivity contribution is 5.18. The first-order chi connectivity index (χ1) is 6.79. The maximum Gasteiger partial charge on any atom is 0.396 e. The topological polar surface area (TPSA) is 46.0 Å². The lowest BCUT2D eigenvalue weighted by molar-refractivity contribution is -0.128. The first kappa shape index (κ1) is 11.9. The average Bonchev–Trinajstić information content (AvgIpc) is 1.99. The molecule has 1 rings (SSSR count). The van der Waals surface area contributed by atoms with Crippen molar-refractivity contribution in [3.8, 4) is 0 Å². The summed E-state index contributed by atoms with van der Waals surface area (Å²) < 4.78 is 36.0. The second-order valence-electron chi connectivity index (χ2n) is 3.29. The number of rotatable bonds is 2. The third-order valence-electron chi connectivity index (χ3n) is 1.88. The Morgan fingerprint density at radius 3 is 2.47 bits per heavy atom. The Bertz CT molecular complexity index is 350. The fourth-order valence-corrected chi connectivity index (χ4v) is 1.20. The van der Waals surface area contributed by atoms with Crippen LogP contribution in [0.15, 0.2) is 6.20 Å². The molecule has 15 heavy (non-hydrogen) atoms. The molecule has 1 heterocycles. The summed E-state index contributed by atoms with van der Waals surface area (Å²) >= 11 is 0. The Kier molecular flexibility index (Phi) is 3.28. The van der Waals surface area contributed by atoms with Gasteiger partial charge in [0.1, 0.15) is 12.2 Å². The Morgan fingerprint density at radius 2 is 2.07 bits per heavy atom. The van der Waals surface area contributed by atoms with Gasteiger partial charge in [0, 0.05) is 17.5 Å². The van der Waals surface area contributed by atoms with Gasteiger partial charge in [-0.3, -0.25) is 0 Å². The van der Waals surface area contributed by atoms with Gasteiger partial charge >= 0.3 is 6.18 Å². The molecule has 1 aromatic rings. The molecule has 84 valence electrons. The summed E-state index contributed by atoms with van der Waals surface area (Å²) in [5.74, 6) is -0.274. The van der Waals surface area contributed by atoms with Gasteiger partial charge in [0.15, 0.2) is 0 Å². The van der Waals surface area contributed by atoms with E-state index in [2.05, 4.69) is 9.97 Å². The molecule has 0 aliphatic heterocycles. The molecule has 0 aliphatic rings. The molecule has 0 spiro atoms. The van der Waals surface area contributed by atoms with E-state index in [-0.39, 0.29) is 5.82 Å². The van der Waals surface area contributed by atoms with Crippen molar-refractivity contribution < 1.29 is 18.3 Å². The second kappa shape index (κ2) is 4.14. The van der Waals surface area contributed by atoms with Gasteiger partial charge in [-0.05, 0) is 13.8 Å². The van der Waals surface area contributed by atoms with Crippen LogP contribution < -0.4 is 0 Å². The number of aliphatic hydroxyl groups excluding tert-OH is 1. The normalized spacial score (nSPS) is 14.0. The molecule has 0 aliphatic carbocycles. The average molecular weight is 220 g/mol. The quantitative estimate of drug-likeness (QED) is 0.828. The summed E-state index contributed by atoms with van der Waals surface area (Å²) in [6, 6.07) is 0. The molecule has 1 atom stereocenters. The maximum atomic E-state index is 12.0. The number of halogens is 3. The van der Waals surface area contributed by atoms with Crippen molar-refractivity contribution in [1.82, 2.24) is 9.97 Å². The highest BCUT2D eigenvalue weighted by atomic mass is 19.4. The zero-order valence-electron chi connectivity index (χ0n) is 8.34. The Hall–Kier alpha value is -1.17. The van der Waals surface area contributed by atoms with E-state index < -0.39 is 18.7 Å². The smallest absolute Gasteiger partial charge is 0.389 e. The molecule has 1 aromatic heterocycles. The van der Waals surface area contributed by atoms with E-state index in [4.69, 9.17) is 0 Å². The largest absolute Gasteiger partial charge is 0.396 e. The van der Waals surface area contributed by atoms with Crippen LogP contribution in [0.3, 0.4) is 0 Å². The van der Waals surface area contributed by atoms with Crippen LogP contribution in [-0.4, -0.2) is 21.3 Å². The first-order valence-corrected chi connectivity index (χ1v) is 4.37. The Labute approximate surface area is 85.0 Å². The van der Waals surface area contributed by atoms with Crippen LogP contribution in [0.4, 0.5) is 13.2 Å². The standard InChI is InChI=1S/C9H11F3N2O/c1-5-7(6(2)15)4-13-8(14-5)3-9(10,11)12/h4,6,15H,3H2,1-2H3/t6-/m1/s1. The second-order valence-corrected chi connectivity index (χ2v) is 3.29. The minimum Gasteiger partial charge on any atom is -0.389 e. The van der Waals surface area contributed by atoms with Crippen LogP contribution >= 0.6 is 0 Å². The third-order valence-corrected chi connectivity index (χ3v) is 1.88. The number of aliphatic hydroxyl groups is 1. The molecule has 0 saturated heterocycles. The number of aromatic nitrogens is 2. The summed E-state index contributed by atoms with van der Waals surface area (Å²) in [5.41, 5.74) is 0.820. The number of hydrogen-bond acceptors (Lipinski definition) is 3. The van der Waals surface area contributed by atoms with Gasteiger partial charge in [-0.1, -0.05) is 0 Å². The molecular formula is C9H11F3N2O. The molecule has 0 bridgehead atoms. The fraction of sp³-hybridized carbons (Fsp3) is 0.556. The highest BCUT2D eigenvalue weighted by Gasteiger charge is 2.29. The molecule has 0 radical (unpaired) electrons. The molecule has 0 fully saturated rings. The minimum absolute atomic E-state index is 0.274. The maximum absolute atomic E-state index is 12.0. The molecule has 3 nitrogen and oxygen atoms in total. The number of alkyl halides is 3. The van der Waals surface area contributed by atoms with E-state index in [1.54, 1.807) is 6.92 Å². The predicted octanol–water partition coefficient (Wildman–Crippen LogP) is 1.94. The monoisotopic (exact) mass is 220 g/mol. The van der Waals surface area contributed by atoms with Crippen LogP contribution in [0.25, 0.3) is 0 Å². The van der Waals surface area contributed by atoms with Gasteiger partial charge in [0.05, 0.1) is 6.10 Å². The van der Waals surface area contributed by atoms with Crippen molar-refractivity contribution in [1.29, 1.82) is 0 Å². The zero-order valence-corrected chi connectivity index (χ0v) is 8.34. The van der Waals surface area contributed by atoms with Crippen molar-refractivity contribution in [2.24, 2.45) is 0 Å². The number of hydrogen-bond donors (Lipinski definition) is 1. The van der Waals surface area contributed by atoms with Crippen molar-refractivity contribution in [2.75, 3.05) is 0 Å². The van der Waals surface area contributed by atoms with Crippen LogP contribution in [0.5, 0.6) is 0 Å². The van der Waals surface area contributed by atoms with Gasteiger partial charge in [-0.2, -0.15) is 13.2 Å². The van der Waals surface area contributed by atoms with Gasteiger partial charge in [0.2, 0.25) is 0 Å². The van der Waals surface area contributed by atoms with E-state index in [9.17, 15) is 18.3 Å². The summed E-state index contributed by atoms with van der Waals surface area (Å²) in [6.45, 7) is 3.05. The van der Waals surface area contributed by atoms with Crippen molar-refractivity contribution >= 4 is 0 Å². The summed E-state index contributed by atoms with van der Waals surface area (Å²) in [4.78, 5) is 7.24. The fourth-order valence-electron chi connectivity index (χ4n) is 1.20.